The highest BCUT2D eigenvalue weighted by Crippen LogP contribution is 2.36. The van der Waals surface area contributed by atoms with Gasteiger partial charge in [-0.3, -0.25) is 8.75 Å². The summed E-state index contributed by atoms with van der Waals surface area (Å²) in [6.45, 7) is 4.36. The Morgan fingerprint density at radius 3 is 1.71 bits per heavy atom. The first kappa shape index (κ1) is 19.2. The molecule has 0 radical (unpaired) electrons. The van der Waals surface area contributed by atoms with Crippen LogP contribution in [0.1, 0.15) is 26.7 Å². The fourth-order valence-corrected chi connectivity index (χ4v) is 1.44. The first-order valence-corrected chi connectivity index (χ1v) is 7.58. The van der Waals surface area contributed by atoms with Crippen LogP contribution in [0.15, 0.2) is 0 Å². The van der Waals surface area contributed by atoms with E-state index in [1.807, 2.05) is 0 Å². The van der Waals surface area contributed by atoms with Crippen molar-refractivity contribution in [3.63, 3.8) is 0 Å². The summed E-state index contributed by atoms with van der Waals surface area (Å²) in [5.74, 6) is 0. The van der Waals surface area contributed by atoms with Gasteiger partial charge in [-0.15, -0.1) is 0 Å². The summed E-state index contributed by atoms with van der Waals surface area (Å²) in [6, 6.07) is 0. The molecule has 0 aliphatic heterocycles. The van der Waals surface area contributed by atoms with E-state index in [2.05, 4.69) is 18.0 Å². The average molecular weight is 302 g/mol. The van der Waals surface area contributed by atoms with Crippen LogP contribution in [0.25, 0.3) is 0 Å². The molecule has 0 saturated heterocycles. The number of halogens is 3. The molecular weight excluding hydrogens is 288 g/mol. The Morgan fingerprint density at radius 1 is 1.18 bits per heavy atom. The van der Waals surface area contributed by atoms with Crippen LogP contribution in [0.3, 0.4) is 0 Å². The van der Waals surface area contributed by atoms with Crippen molar-refractivity contribution in [3.05, 3.63) is 0 Å². The van der Waals surface area contributed by atoms with Crippen LogP contribution in [-0.2, 0) is 18.9 Å². The minimum absolute atomic E-state index is 1.32. The van der Waals surface area contributed by atoms with Crippen LogP contribution in [0, 0.1) is 0 Å². The molecule has 0 aromatic rings. The second-order valence-electron chi connectivity index (χ2n) is 2.81. The van der Waals surface area contributed by atoms with Gasteiger partial charge >= 0.3 is 23.2 Å². The zero-order valence-electron chi connectivity index (χ0n) is 9.14. The normalized spacial score (nSPS) is 12.9. The number of alkyl halides is 3. The van der Waals surface area contributed by atoms with Gasteiger partial charge in [0.15, 0.2) is 6.35 Å². The lowest BCUT2D eigenvalue weighted by Crippen LogP contribution is -2.25. The van der Waals surface area contributed by atoms with Crippen molar-refractivity contribution in [1.29, 1.82) is 0 Å². The van der Waals surface area contributed by atoms with Crippen molar-refractivity contribution in [2.24, 2.45) is 0 Å². The van der Waals surface area contributed by atoms with Gasteiger partial charge in [0, 0.05) is 0 Å². The second-order valence-corrected chi connectivity index (χ2v) is 6.01. The van der Waals surface area contributed by atoms with Crippen molar-refractivity contribution >= 4 is 17.7 Å². The molecule has 0 aromatic heterocycles. The second kappa shape index (κ2) is 7.32. The standard InChI is InChI=1S/C4H10.C2H4F3O6PS/c1-3-4-2;3-2(4,5)13(9,10)11-1-12(6,7)8/h3-4H2,1-2H3;1H2,(H2,6,7,8). The van der Waals surface area contributed by atoms with E-state index in [9.17, 15) is 26.2 Å². The first-order valence-electron chi connectivity index (χ1n) is 4.37. The lowest BCUT2D eigenvalue weighted by Gasteiger charge is -2.08. The van der Waals surface area contributed by atoms with Crippen LogP contribution in [0.4, 0.5) is 13.2 Å². The average Bonchev–Trinajstić information content (AvgIpc) is 2.13. The van der Waals surface area contributed by atoms with Gasteiger partial charge in [0.1, 0.15) is 0 Å². The van der Waals surface area contributed by atoms with E-state index in [1.165, 1.54) is 12.8 Å². The molecule has 0 aromatic carbocycles. The molecule has 0 fully saturated rings. The summed E-state index contributed by atoms with van der Waals surface area (Å²) in [5, 5.41) is 0. The van der Waals surface area contributed by atoms with Crippen molar-refractivity contribution in [2.45, 2.75) is 32.2 Å². The van der Waals surface area contributed by atoms with E-state index in [-0.39, 0.29) is 0 Å². The first-order chi connectivity index (χ1) is 7.37. The van der Waals surface area contributed by atoms with Crippen LogP contribution < -0.4 is 0 Å². The Morgan fingerprint density at radius 2 is 1.53 bits per heavy atom. The maximum absolute atomic E-state index is 11.4. The van der Waals surface area contributed by atoms with Crippen LogP contribution in [0.5, 0.6) is 0 Å². The van der Waals surface area contributed by atoms with Crippen molar-refractivity contribution in [1.82, 2.24) is 0 Å². The molecule has 2 N–H and O–H groups in total. The third kappa shape index (κ3) is 10.7. The van der Waals surface area contributed by atoms with E-state index in [1.54, 1.807) is 0 Å². The SMILES string of the molecule is CCCC.O=P(O)(O)COS(=O)(=O)C(F)(F)F. The molecule has 0 spiro atoms. The van der Waals surface area contributed by atoms with Crippen molar-refractivity contribution in [2.75, 3.05) is 6.35 Å². The Kier molecular flexibility index (Phi) is 8.27. The van der Waals surface area contributed by atoms with Crippen LogP contribution in [-0.4, -0.2) is 30.1 Å². The van der Waals surface area contributed by atoms with Gasteiger partial charge in [-0.25, -0.2) is 0 Å². The van der Waals surface area contributed by atoms with Gasteiger partial charge in [0.2, 0.25) is 0 Å². The van der Waals surface area contributed by atoms with E-state index in [0.717, 1.165) is 0 Å². The molecule has 0 amide bonds. The number of rotatable bonds is 4. The predicted molar refractivity (Wildman–Crippen MR) is 53.6 cm³/mol. The van der Waals surface area contributed by atoms with Gasteiger partial charge in [0.05, 0.1) is 0 Å². The van der Waals surface area contributed by atoms with E-state index >= 15 is 0 Å². The molecule has 11 heteroatoms. The summed E-state index contributed by atoms with van der Waals surface area (Å²) in [5.41, 5.74) is -5.68. The summed E-state index contributed by atoms with van der Waals surface area (Å²) in [7, 11) is -10.9. The Labute approximate surface area is 97.1 Å². The fraction of sp³-hybridized carbons (Fsp3) is 1.00. The summed E-state index contributed by atoms with van der Waals surface area (Å²) >= 11 is 0. The topological polar surface area (TPSA) is 101 Å². The van der Waals surface area contributed by atoms with E-state index < -0.39 is 29.6 Å². The zero-order valence-corrected chi connectivity index (χ0v) is 10.8. The molecule has 6 nitrogen and oxygen atoms in total. The van der Waals surface area contributed by atoms with Gasteiger partial charge in [-0.1, -0.05) is 26.7 Å². The molecule has 0 saturated carbocycles. The summed E-state index contributed by atoms with van der Waals surface area (Å²) < 4.78 is 67.3. The Bertz CT molecular complexity index is 343. The number of hydrogen-bond acceptors (Lipinski definition) is 4. The van der Waals surface area contributed by atoms with Gasteiger partial charge in [-0.2, -0.15) is 21.6 Å². The van der Waals surface area contributed by atoms with Crippen LogP contribution in [0.2, 0.25) is 0 Å². The van der Waals surface area contributed by atoms with Crippen LogP contribution >= 0.6 is 7.60 Å². The van der Waals surface area contributed by atoms with E-state index in [4.69, 9.17) is 9.79 Å². The summed E-state index contributed by atoms with van der Waals surface area (Å²) in [6.07, 6.45) is 0.814. The minimum atomic E-state index is -5.92. The van der Waals surface area contributed by atoms with Crippen molar-refractivity contribution < 1.29 is 40.1 Å². The highest BCUT2D eigenvalue weighted by Gasteiger charge is 2.48. The molecule has 17 heavy (non-hydrogen) atoms. The molecule has 0 unspecified atom stereocenters. The largest absolute Gasteiger partial charge is 0.523 e. The zero-order chi connectivity index (χ0) is 14.3. The van der Waals surface area contributed by atoms with Gasteiger partial charge in [0.25, 0.3) is 0 Å². The van der Waals surface area contributed by atoms with E-state index in [0.29, 0.717) is 0 Å². The van der Waals surface area contributed by atoms with Gasteiger partial charge < -0.3 is 9.79 Å². The smallest absolute Gasteiger partial charge is 0.323 e. The predicted octanol–water partition coefficient (Wildman–Crippen LogP) is 1.79. The highest BCUT2D eigenvalue weighted by atomic mass is 32.2. The lowest BCUT2D eigenvalue weighted by atomic mass is 10.4. The molecule has 0 atom stereocenters. The molecular formula is C6H14F3O6PS. The maximum Gasteiger partial charge on any atom is 0.523 e. The number of hydrogen-bond donors (Lipinski definition) is 2. The van der Waals surface area contributed by atoms with Gasteiger partial charge in [-0.05, 0) is 0 Å². The highest BCUT2D eigenvalue weighted by molar-refractivity contribution is 7.87. The molecule has 0 aliphatic rings. The lowest BCUT2D eigenvalue weighted by molar-refractivity contribution is -0.0533. The third-order valence-corrected chi connectivity index (χ3v) is 2.79. The molecule has 0 heterocycles. The Hall–Kier alpha value is -0.150. The summed E-state index contributed by atoms with van der Waals surface area (Å²) in [4.78, 5) is 16.0. The Balaban J connectivity index is 0. The molecule has 0 aliphatic carbocycles. The monoisotopic (exact) mass is 302 g/mol. The molecule has 0 rings (SSSR count). The molecule has 106 valence electrons. The third-order valence-electron chi connectivity index (χ3n) is 1.16. The minimum Gasteiger partial charge on any atom is -0.323 e. The number of unbranched alkanes of at least 4 members (excludes halogenated alkanes) is 1. The maximum atomic E-state index is 11.4. The fourth-order valence-electron chi connectivity index (χ4n) is 0.205. The quantitative estimate of drug-likeness (QED) is 0.466. The molecule has 0 bridgehead atoms. The van der Waals surface area contributed by atoms with Crippen molar-refractivity contribution in [3.8, 4) is 0 Å².